The van der Waals surface area contributed by atoms with Gasteiger partial charge in [0, 0.05) is 31.0 Å². The lowest BCUT2D eigenvalue weighted by Crippen LogP contribution is -2.26. The van der Waals surface area contributed by atoms with Gasteiger partial charge in [-0.3, -0.25) is 14.3 Å². The molecule has 1 aromatic carbocycles. The van der Waals surface area contributed by atoms with Gasteiger partial charge in [0.25, 0.3) is 11.8 Å². The van der Waals surface area contributed by atoms with Crippen LogP contribution in [0, 0.1) is 0 Å². The van der Waals surface area contributed by atoms with Gasteiger partial charge in [0.1, 0.15) is 0 Å². The van der Waals surface area contributed by atoms with Crippen molar-refractivity contribution in [3.05, 3.63) is 36.0 Å². The molecule has 0 radical (unpaired) electrons. The zero-order chi connectivity index (χ0) is 19.4. The topological polar surface area (TPSA) is 72.7 Å². The first-order valence-electron chi connectivity index (χ1n) is 9.67. The van der Waals surface area contributed by atoms with E-state index < -0.39 is 6.10 Å². The highest BCUT2D eigenvalue weighted by Crippen LogP contribution is 2.32. The Kier molecular flexibility index (Phi) is 5.94. The molecule has 2 atom stereocenters. The predicted octanol–water partition coefficient (Wildman–Crippen LogP) is 3.78. The van der Waals surface area contributed by atoms with Crippen molar-refractivity contribution >= 4 is 28.5 Å². The molecule has 0 unspecified atom stereocenters. The Morgan fingerprint density at radius 3 is 2.81 bits per heavy atom. The Hall–Kier alpha value is -2.63. The van der Waals surface area contributed by atoms with Gasteiger partial charge in [-0.2, -0.15) is 4.99 Å². The summed E-state index contributed by atoms with van der Waals surface area (Å²) in [6, 6.07) is 7.98. The van der Waals surface area contributed by atoms with Crippen LogP contribution in [0.5, 0.6) is 0 Å². The number of benzene rings is 1. The standard InChI is InChI=1S/C21H27N3O3/c1-4-5-6-7-12-18(25)21-23-20(26)19(27-21)14(2)16-13-24(22-3)17-11-9-8-10-15(16)17/h8-11,13-14,19,22H,4-7,12H2,1-3H3/t14-,19+/m1/s1. The summed E-state index contributed by atoms with van der Waals surface area (Å²) in [6.45, 7) is 4.07. The molecule has 1 amide bonds. The van der Waals surface area contributed by atoms with Gasteiger partial charge in [0.15, 0.2) is 6.10 Å². The predicted molar refractivity (Wildman–Crippen MR) is 107 cm³/mol. The number of nitrogens with one attached hydrogen (secondary N) is 1. The van der Waals surface area contributed by atoms with Crippen LogP contribution < -0.4 is 5.43 Å². The highest BCUT2D eigenvalue weighted by molar-refractivity contribution is 6.39. The zero-order valence-corrected chi connectivity index (χ0v) is 16.2. The number of aliphatic imine (C=N–C) groups is 1. The zero-order valence-electron chi connectivity index (χ0n) is 16.2. The van der Waals surface area contributed by atoms with Gasteiger partial charge in [0.2, 0.25) is 5.78 Å². The van der Waals surface area contributed by atoms with Gasteiger partial charge >= 0.3 is 0 Å². The van der Waals surface area contributed by atoms with Crippen molar-refractivity contribution in [3.63, 3.8) is 0 Å². The number of ketones is 1. The molecule has 2 aromatic rings. The maximum absolute atomic E-state index is 12.4. The van der Waals surface area contributed by atoms with Gasteiger partial charge < -0.3 is 10.2 Å². The first-order valence-corrected chi connectivity index (χ1v) is 9.67. The van der Waals surface area contributed by atoms with E-state index >= 15 is 0 Å². The van der Waals surface area contributed by atoms with E-state index in [1.165, 1.54) is 0 Å². The summed E-state index contributed by atoms with van der Waals surface area (Å²) in [6.07, 6.45) is 5.63. The summed E-state index contributed by atoms with van der Waals surface area (Å²) < 4.78 is 7.64. The third-order valence-corrected chi connectivity index (χ3v) is 5.12. The van der Waals surface area contributed by atoms with E-state index in [-0.39, 0.29) is 23.5 Å². The number of hydrogen-bond donors (Lipinski definition) is 1. The molecule has 0 bridgehead atoms. The number of rotatable bonds is 9. The summed E-state index contributed by atoms with van der Waals surface area (Å²) >= 11 is 0. The lowest BCUT2D eigenvalue weighted by molar-refractivity contribution is -0.123. The van der Waals surface area contributed by atoms with Crippen molar-refractivity contribution in [1.29, 1.82) is 0 Å². The third kappa shape index (κ3) is 3.89. The molecule has 0 saturated carbocycles. The molecular formula is C21H27N3O3. The fourth-order valence-electron chi connectivity index (χ4n) is 3.54. The molecule has 1 N–H and O–H groups in total. The van der Waals surface area contributed by atoms with Crippen LogP contribution >= 0.6 is 0 Å². The number of para-hydroxylation sites is 1. The van der Waals surface area contributed by atoms with E-state index in [1.54, 1.807) is 0 Å². The van der Waals surface area contributed by atoms with Crippen LogP contribution in [-0.4, -0.2) is 35.4 Å². The van der Waals surface area contributed by atoms with Gasteiger partial charge in [-0.05, 0) is 18.1 Å². The van der Waals surface area contributed by atoms with Crippen LogP contribution in [0.25, 0.3) is 10.9 Å². The molecule has 0 aliphatic carbocycles. The number of aromatic nitrogens is 1. The second-order valence-electron chi connectivity index (χ2n) is 7.01. The van der Waals surface area contributed by atoms with Crippen LogP contribution in [-0.2, 0) is 14.3 Å². The van der Waals surface area contributed by atoms with E-state index in [9.17, 15) is 9.59 Å². The summed E-state index contributed by atoms with van der Waals surface area (Å²) in [7, 11) is 1.84. The minimum Gasteiger partial charge on any atom is -0.461 e. The van der Waals surface area contributed by atoms with E-state index in [4.69, 9.17) is 4.74 Å². The lowest BCUT2D eigenvalue weighted by Gasteiger charge is -2.17. The Bertz CT molecular complexity index is 869. The molecular weight excluding hydrogens is 342 g/mol. The summed E-state index contributed by atoms with van der Waals surface area (Å²) in [5.74, 6) is -0.788. The Morgan fingerprint density at radius 2 is 2.07 bits per heavy atom. The number of ether oxygens (including phenoxy) is 1. The van der Waals surface area contributed by atoms with Gasteiger partial charge in [0.05, 0.1) is 5.52 Å². The Labute approximate surface area is 159 Å². The van der Waals surface area contributed by atoms with Crippen molar-refractivity contribution in [3.8, 4) is 0 Å². The molecule has 6 nitrogen and oxygen atoms in total. The molecule has 0 fully saturated rings. The van der Waals surface area contributed by atoms with Crippen LogP contribution in [0.2, 0.25) is 0 Å². The molecule has 1 aliphatic rings. The van der Waals surface area contributed by atoms with E-state index in [0.717, 1.165) is 42.1 Å². The van der Waals surface area contributed by atoms with Crippen molar-refractivity contribution in [2.45, 2.75) is 58.0 Å². The minimum atomic E-state index is -0.754. The molecule has 27 heavy (non-hydrogen) atoms. The molecule has 6 heteroatoms. The average Bonchev–Trinajstić information content (AvgIpc) is 3.25. The Balaban J connectivity index is 1.73. The highest BCUT2D eigenvalue weighted by atomic mass is 16.5. The van der Waals surface area contributed by atoms with Gasteiger partial charge in [-0.1, -0.05) is 51.3 Å². The van der Waals surface area contributed by atoms with Gasteiger partial charge in [-0.15, -0.1) is 0 Å². The summed E-state index contributed by atoms with van der Waals surface area (Å²) in [4.78, 5) is 28.6. The normalized spacial score (nSPS) is 17.7. The highest BCUT2D eigenvalue weighted by Gasteiger charge is 2.38. The van der Waals surface area contributed by atoms with Crippen LogP contribution in [0.4, 0.5) is 0 Å². The number of carbonyl (C=O) groups is 2. The molecule has 0 saturated heterocycles. The number of carbonyl (C=O) groups excluding carboxylic acids is 2. The van der Waals surface area contributed by atoms with E-state index in [2.05, 4.69) is 17.3 Å². The molecule has 1 aromatic heterocycles. The molecule has 3 rings (SSSR count). The second-order valence-corrected chi connectivity index (χ2v) is 7.01. The monoisotopic (exact) mass is 369 g/mol. The molecule has 144 valence electrons. The van der Waals surface area contributed by atoms with Crippen molar-refractivity contribution in [2.75, 3.05) is 12.5 Å². The van der Waals surface area contributed by atoms with Crippen LogP contribution in [0.1, 0.15) is 57.4 Å². The van der Waals surface area contributed by atoms with Crippen LogP contribution in [0.3, 0.4) is 0 Å². The number of amides is 1. The van der Waals surface area contributed by atoms with Crippen molar-refractivity contribution < 1.29 is 14.3 Å². The number of Topliss-reactive ketones (excluding diaryl/α,β-unsaturated/α-hetero) is 1. The quantitative estimate of drug-likeness (QED) is 0.683. The second kappa shape index (κ2) is 8.37. The molecule has 2 heterocycles. The fraction of sp³-hybridized carbons (Fsp3) is 0.476. The van der Waals surface area contributed by atoms with Crippen molar-refractivity contribution in [2.24, 2.45) is 4.99 Å². The SMILES string of the molecule is CCCCCCC(=O)C1=NC(=O)[C@H]([C@H](C)c2cn(NC)c3ccccc23)O1. The lowest BCUT2D eigenvalue weighted by atomic mass is 9.94. The number of fused-ring (bicyclic) bond motifs is 1. The van der Waals surface area contributed by atoms with Crippen LogP contribution in [0.15, 0.2) is 35.5 Å². The number of hydrogen-bond acceptors (Lipinski definition) is 4. The smallest absolute Gasteiger partial charge is 0.290 e. The number of nitrogens with zero attached hydrogens (tertiary/aromatic N) is 2. The molecule has 1 aliphatic heterocycles. The van der Waals surface area contributed by atoms with Crippen molar-refractivity contribution in [1.82, 2.24) is 4.68 Å². The van der Waals surface area contributed by atoms with E-state index in [0.29, 0.717) is 6.42 Å². The molecule has 0 spiro atoms. The fourth-order valence-corrected chi connectivity index (χ4v) is 3.54. The maximum Gasteiger partial charge on any atom is 0.290 e. The summed E-state index contributed by atoms with van der Waals surface area (Å²) in [5, 5.41) is 1.05. The van der Waals surface area contributed by atoms with E-state index in [1.807, 2.05) is 49.1 Å². The minimum absolute atomic E-state index is 0.0225. The first kappa shape index (κ1) is 19.1. The van der Waals surface area contributed by atoms with Gasteiger partial charge in [-0.25, -0.2) is 0 Å². The Morgan fingerprint density at radius 1 is 1.30 bits per heavy atom. The third-order valence-electron chi connectivity index (χ3n) is 5.12. The first-order chi connectivity index (χ1) is 13.1. The average molecular weight is 369 g/mol. The number of unbranched alkanes of at least 4 members (excludes halogenated alkanes) is 3. The summed E-state index contributed by atoms with van der Waals surface area (Å²) in [5.41, 5.74) is 5.13. The maximum atomic E-state index is 12.4. The largest absolute Gasteiger partial charge is 0.461 e.